The molecule has 5 nitrogen and oxygen atoms in total. The second kappa shape index (κ2) is 3.66. The van der Waals surface area contributed by atoms with E-state index in [1.54, 1.807) is 5.32 Å². The van der Waals surface area contributed by atoms with Gasteiger partial charge in [0, 0.05) is 6.07 Å². The molecule has 1 N–H and O–H groups in total. The molecule has 0 saturated heterocycles. The molecule has 1 rings (SSSR count). The third-order valence-corrected chi connectivity index (χ3v) is 1.41. The molecular formula is C7H3F2N3O2. The topological polar surface area (TPSA) is 79.0 Å². The van der Waals surface area contributed by atoms with Crippen LogP contribution in [0, 0.1) is 33.2 Å². The van der Waals surface area contributed by atoms with Crippen molar-refractivity contribution in [2.75, 3.05) is 5.32 Å². The summed E-state index contributed by atoms with van der Waals surface area (Å²) in [5.41, 5.74) is -1.46. The fraction of sp³-hybridized carbons (Fsp3) is 0. The van der Waals surface area contributed by atoms with E-state index in [1.807, 2.05) is 0 Å². The van der Waals surface area contributed by atoms with Gasteiger partial charge in [-0.2, -0.15) is 5.26 Å². The summed E-state index contributed by atoms with van der Waals surface area (Å²) in [5, 5.41) is 20.3. The molecule has 0 heterocycles. The summed E-state index contributed by atoms with van der Waals surface area (Å²) in [6.45, 7) is 0. The number of nitrogens with one attached hydrogen (secondary N) is 1. The smallest absolute Gasteiger partial charge is 0.284 e. The molecule has 0 bridgehead atoms. The Morgan fingerprint density at radius 2 is 2.14 bits per heavy atom. The first kappa shape index (κ1) is 9.85. The van der Waals surface area contributed by atoms with Gasteiger partial charge in [-0.3, -0.25) is 15.4 Å². The average molecular weight is 199 g/mol. The number of nitro groups is 1. The molecule has 0 aromatic heterocycles. The highest BCUT2D eigenvalue weighted by Crippen LogP contribution is 2.28. The van der Waals surface area contributed by atoms with Crippen molar-refractivity contribution in [2.45, 2.75) is 0 Å². The van der Waals surface area contributed by atoms with Crippen LogP contribution in [0.25, 0.3) is 0 Å². The number of hydrogen-bond acceptors (Lipinski definition) is 4. The molecule has 1 aromatic rings. The fourth-order valence-electron chi connectivity index (χ4n) is 0.884. The SMILES string of the molecule is N#CNc1c(F)cc(F)cc1[N+](=O)[O-]. The predicted molar refractivity (Wildman–Crippen MR) is 42.2 cm³/mol. The van der Waals surface area contributed by atoms with Gasteiger partial charge in [0.15, 0.2) is 17.7 Å². The number of hydrogen-bond donors (Lipinski definition) is 1. The molecule has 0 amide bonds. The number of nitrogens with zero attached hydrogens (tertiary/aromatic N) is 2. The van der Waals surface area contributed by atoms with Crippen molar-refractivity contribution in [3.05, 3.63) is 33.9 Å². The first-order chi connectivity index (χ1) is 6.56. The highest BCUT2D eigenvalue weighted by Gasteiger charge is 2.19. The minimum atomic E-state index is -1.18. The summed E-state index contributed by atoms with van der Waals surface area (Å²) in [5.74, 6) is -2.25. The van der Waals surface area contributed by atoms with Gasteiger partial charge in [-0.1, -0.05) is 0 Å². The third-order valence-electron chi connectivity index (χ3n) is 1.41. The van der Waals surface area contributed by atoms with E-state index < -0.39 is 27.9 Å². The number of rotatable bonds is 2. The van der Waals surface area contributed by atoms with Gasteiger partial charge >= 0.3 is 0 Å². The quantitative estimate of drug-likeness (QED) is 0.340. The minimum Gasteiger partial charge on any atom is -0.284 e. The van der Waals surface area contributed by atoms with Gasteiger partial charge in [-0.25, -0.2) is 8.78 Å². The summed E-state index contributed by atoms with van der Waals surface area (Å²) in [4.78, 5) is 9.34. The van der Waals surface area contributed by atoms with Gasteiger partial charge in [0.1, 0.15) is 5.82 Å². The molecule has 0 spiro atoms. The normalized spacial score (nSPS) is 9.21. The Balaban J connectivity index is 3.38. The van der Waals surface area contributed by atoms with Crippen molar-refractivity contribution >= 4 is 11.4 Å². The van der Waals surface area contributed by atoms with E-state index in [1.165, 1.54) is 6.19 Å². The Morgan fingerprint density at radius 1 is 1.50 bits per heavy atom. The average Bonchev–Trinajstić information content (AvgIpc) is 2.09. The lowest BCUT2D eigenvalue weighted by molar-refractivity contribution is -0.384. The van der Waals surface area contributed by atoms with Crippen LogP contribution in [0.1, 0.15) is 0 Å². The highest BCUT2D eigenvalue weighted by atomic mass is 19.1. The zero-order valence-corrected chi connectivity index (χ0v) is 6.62. The third kappa shape index (κ3) is 1.74. The van der Waals surface area contributed by atoms with E-state index in [9.17, 15) is 18.9 Å². The van der Waals surface area contributed by atoms with Gasteiger partial charge in [-0.15, -0.1) is 0 Å². The molecule has 0 fully saturated rings. The zero-order chi connectivity index (χ0) is 10.7. The maximum atomic E-state index is 12.9. The Bertz CT molecular complexity index is 428. The van der Waals surface area contributed by atoms with Gasteiger partial charge < -0.3 is 0 Å². The molecule has 0 atom stereocenters. The molecule has 0 aliphatic rings. The largest absolute Gasteiger partial charge is 0.299 e. The fourth-order valence-corrected chi connectivity index (χ4v) is 0.884. The van der Waals surface area contributed by atoms with Crippen molar-refractivity contribution < 1.29 is 13.7 Å². The molecule has 0 unspecified atom stereocenters. The summed E-state index contributed by atoms with van der Waals surface area (Å²) in [6.07, 6.45) is 1.32. The second-order valence-corrected chi connectivity index (χ2v) is 2.28. The van der Waals surface area contributed by atoms with Crippen molar-refractivity contribution in [1.82, 2.24) is 0 Å². The van der Waals surface area contributed by atoms with Crippen LogP contribution in [0.5, 0.6) is 0 Å². The first-order valence-electron chi connectivity index (χ1n) is 3.35. The van der Waals surface area contributed by atoms with E-state index in [-0.39, 0.29) is 0 Å². The number of halogens is 2. The molecule has 0 saturated carbocycles. The van der Waals surface area contributed by atoms with Crippen LogP contribution >= 0.6 is 0 Å². The summed E-state index contributed by atoms with van der Waals surface area (Å²) < 4.78 is 25.5. The lowest BCUT2D eigenvalue weighted by Gasteiger charge is -2.01. The van der Waals surface area contributed by atoms with Crippen molar-refractivity contribution in [2.24, 2.45) is 0 Å². The van der Waals surface area contributed by atoms with E-state index in [0.29, 0.717) is 12.1 Å². The van der Waals surface area contributed by atoms with E-state index >= 15 is 0 Å². The Hall–Kier alpha value is -2.23. The van der Waals surface area contributed by atoms with Crippen LogP contribution in [-0.4, -0.2) is 4.92 Å². The van der Waals surface area contributed by atoms with Crippen molar-refractivity contribution in [1.29, 1.82) is 5.26 Å². The monoisotopic (exact) mass is 199 g/mol. The van der Waals surface area contributed by atoms with Gasteiger partial charge in [0.05, 0.1) is 11.0 Å². The zero-order valence-electron chi connectivity index (χ0n) is 6.62. The molecule has 7 heteroatoms. The lowest BCUT2D eigenvalue weighted by atomic mass is 10.2. The van der Waals surface area contributed by atoms with E-state index in [0.717, 1.165) is 0 Å². The molecule has 14 heavy (non-hydrogen) atoms. The maximum Gasteiger partial charge on any atom is 0.299 e. The van der Waals surface area contributed by atoms with Crippen LogP contribution in [0.3, 0.4) is 0 Å². The second-order valence-electron chi connectivity index (χ2n) is 2.28. The molecule has 1 aromatic carbocycles. The number of nitriles is 1. The highest BCUT2D eigenvalue weighted by molar-refractivity contribution is 5.64. The van der Waals surface area contributed by atoms with Crippen molar-refractivity contribution in [3.63, 3.8) is 0 Å². The van der Waals surface area contributed by atoms with Crippen LogP contribution in [0.2, 0.25) is 0 Å². The van der Waals surface area contributed by atoms with E-state index in [2.05, 4.69) is 0 Å². The number of benzene rings is 1. The summed E-state index contributed by atoms with van der Waals surface area (Å²) in [6, 6.07) is 0.982. The van der Waals surface area contributed by atoms with Gasteiger partial charge in [0.25, 0.3) is 5.69 Å². The Labute approximate surface area is 76.7 Å². The maximum absolute atomic E-state index is 12.9. The predicted octanol–water partition coefficient (Wildman–Crippen LogP) is 1.77. The first-order valence-corrected chi connectivity index (χ1v) is 3.35. The standard InChI is InChI=1S/C7H3F2N3O2/c8-4-1-5(9)7(11-3-10)6(2-4)12(13)14/h1-2,11H. The molecule has 0 aliphatic heterocycles. The summed E-state index contributed by atoms with van der Waals surface area (Å²) in [7, 11) is 0. The minimum absolute atomic E-state index is 0.451. The van der Waals surface area contributed by atoms with Gasteiger partial charge in [-0.05, 0) is 0 Å². The molecular weight excluding hydrogens is 196 g/mol. The Kier molecular flexibility index (Phi) is 2.57. The Morgan fingerprint density at radius 3 is 2.64 bits per heavy atom. The van der Waals surface area contributed by atoms with Crippen LogP contribution in [0.15, 0.2) is 12.1 Å². The molecule has 0 aliphatic carbocycles. The van der Waals surface area contributed by atoms with Gasteiger partial charge in [0.2, 0.25) is 0 Å². The van der Waals surface area contributed by atoms with Crippen molar-refractivity contribution in [3.8, 4) is 6.19 Å². The summed E-state index contributed by atoms with van der Waals surface area (Å²) >= 11 is 0. The molecule has 0 radical (unpaired) electrons. The van der Waals surface area contributed by atoms with Crippen LogP contribution < -0.4 is 5.32 Å². The number of anilines is 1. The van der Waals surface area contributed by atoms with Crippen LogP contribution in [-0.2, 0) is 0 Å². The van der Waals surface area contributed by atoms with Crippen LogP contribution in [0.4, 0.5) is 20.2 Å². The number of nitro benzene ring substituents is 1. The van der Waals surface area contributed by atoms with E-state index in [4.69, 9.17) is 5.26 Å². The lowest BCUT2D eigenvalue weighted by Crippen LogP contribution is -2.00. The molecule has 72 valence electrons.